The average molecular weight is 156 g/mol. The molecule has 0 bridgehead atoms. The SMILES string of the molecule is CC(C)CC1CNC(=O)N1C. The number of hydrogen-bond acceptors (Lipinski definition) is 1. The molecular formula is C8H16N2O. The Balaban J connectivity index is 2.42. The van der Waals surface area contributed by atoms with Crippen LogP contribution in [0.3, 0.4) is 0 Å². The molecule has 1 aliphatic heterocycles. The maximum absolute atomic E-state index is 11.0. The van der Waals surface area contributed by atoms with Crippen molar-refractivity contribution in [3.8, 4) is 0 Å². The van der Waals surface area contributed by atoms with Crippen LogP contribution >= 0.6 is 0 Å². The van der Waals surface area contributed by atoms with Crippen LogP contribution in [0.15, 0.2) is 0 Å². The summed E-state index contributed by atoms with van der Waals surface area (Å²) in [5, 5.41) is 2.81. The molecule has 0 aliphatic carbocycles. The largest absolute Gasteiger partial charge is 0.336 e. The Labute approximate surface area is 67.8 Å². The number of likely N-dealkylation sites (N-methyl/N-ethyl adjacent to an activating group) is 1. The van der Waals surface area contributed by atoms with Crippen LogP contribution in [-0.4, -0.2) is 30.6 Å². The second-order valence-corrected chi connectivity index (χ2v) is 3.58. The molecule has 1 unspecified atom stereocenters. The van der Waals surface area contributed by atoms with Crippen LogP contribution in [0, 0.1) is 5.92 Å². The van der Waals surface area contributed by atoms with Crippen molar-refractivity contribution in [3.05, 3.63) is 0 Å². The number of amides is 2. The number of carbonyl (C=O) groups excluding carboxylic acids is 1. The number of nitrogens with zero attached hydrogens (tertiary/aromatic N) is 1. The lowest BCUT2D eigenvalue weighted by molar-refractivity contribution is 0.211. The van der Waals surface area contributed by atoms with Crippen LogP contribution in [0.2, 0.25) is 0 Å². The molecule has 0 spiro atoms. The van der Waals surface area contributed by atoms with E-state index in [4.69, 9.17) is 0 Å². The first-order valence-electron chi connectivity index (χ1n) is 4.12. The van der Waals surface area contributed by atoms with Crippen molar-refractivity contribution in [1.82, 2.24) is 10.2 Å². The summed E-state index contributed by atoms with van der Waals surface area (Å²) in [5.74, 6) is 0.662. The highest BCUT2D eigenvalue weighted by Gasteiger charge is 2.26. The molecule has 1 rings (SSSR count). The zero-order chi connectivity index (χ0) is 8.43. The van der Waals surface area contributed by atoms with Gasteiger partial charge in [-0.05, 0) is 12.3 Å². The van der Waals surface area contributed by atoms with Gasteiger partial charge < -0.3 is 10.2 Å². The first-order valence-corrected chi connectivity index (χ1v) is 4.12. The van der Waals surface area contributed by atoms with E-state index in [2.05, 4.69) is 19.2 Å². The van der Waals surface area contributed by atoms with E-state index in [0.29, 0.717) is 12.0 Å². The molecule has 0 aromatic carbocycles. The first-order chi connectivity index (χ1) is 5.11. The first kappa shape index (κ1) is 8.37. The Morgan fingerprint density at radius 1 is 1.73 bits per heavy atom. The van der Waals surface area contributed by atoms with Crippen molar-refractivity contribution in [2.24, 2.45) is 5.92 Å². The van der Waals surface area contributed by atoms with Crippen molar-refractivity contribution in [1.29, 1.82) is 0 Å². The minimum atomic E-state index is 0.0654. The van der Waals surface area contributed by atoms with Gasteiger partial charge in [-0.1, -0.05) is 13.8 Å². The molecular weight excluding hydrogens is 140 g/mol. The molecule has 1 heterocycles. The van der Waals surface area contributed by atoms with Crippen molar-refractivity contribution in [2.45, 2.75) is 26.3 Å². The second kappa shape index (κ2) is 3.11. The van der Waals surface area contributed by atoms with Gasteiger partial charge in [-0.15, -0.1) is 0 Å². The number of rotatable bonds is 2. The van der Waals surface area contributed by atoms with Gasteiger partial charge in [-0.2, -0.15) is 0 Å². The summed E-state index contributed by atoms with van der Waals surface area (Å²) in [6, 6.07) is 0.471. The van der Waals surface area contributed by atoms with E-state index < -0.39 is 0 Å². The molecule has 0 aromatic heterocycles. The van der Waals surface area contributed by atoms with E-state index in [0.717, 1.165) is 13.0 Å². The molecule has 1 fully saturated rings. The average Bonchev–Trinajstić information content (AvgIpc) is 2.18. The third-order valence-corrected chi connectivity index (χ3v) is 2.10. The molecule has 3 nitrogen and oxygen atoms in total. The molecule has 2 amide bonds. The minimum absolute atomic E-state index is 0.0654. The lowest BCUT2D eigenvalue weighted by Crippen LogP contribution is -2.30. The Hall–Kier alpha value is -0.730. The third kappa shape index (κ3) is 1.85. The molecule has 11 heavy (non-hydrogen) atoms. The van der Waals surface area contributed by atoms with E-state index in [-0.39, 0.29) is 6.03 Å². The van der Waals surface area contributed by atoms with Gasteiger partial charge in [0.25, 0.3) is 0 Å². The van der Waals surface area contributed by atoms with Crippen molar-refractivity contribution in [3.63, 3.8) is 0 Å². The lowest BCUT2D eigenvalue weighted by atomic mass is 10.0. The normalized spacial score (nSPS) is 24.5. The lowest BCUT2D eigenvalue weighted by Gasteiger charge is -2.19. The van der Waals surface area contributed by atoms with Gasteiger partial charge in [0.15, 0.2) is 0 Å². The summed E-state index contributed by atoms with van der Waals surface area (Å²) >= 11 is 0. The monoisotopic (exact) mass is 156 g/mol. The highest BCUT2D eigenvalue weighted by atomic mass is 16.2. The van der Waals surface area contributed by atoms with E-state index in [9.17, 15) is 4.79 Å². The van der Waals surface area contributed by atoms with Gasteiger partial charge in [0.05, 0.1) is 6.04 Å². The summed E-state index contributed by atoms with van der Waals surface area (Å²) in [5.41, 5.74) is 0. The standard InChI is InChI=1S/C8H16N2O/c1-6(2)4-7-5-9-8(11)10(7)3/h6-7H,4-5H2,1-3H3,(H,9,11). The van der Waals surface area contributed by atoms with Crippen LogP contribution < -0.4 is 5.32 Å². The van der Waals surface area contributed by atoms with E-state index in [1.54, 1.807) is 4.90 Å². The van der Waals surface area contributed by atoms with Gasteiger partial charge >= 0.3 is 6.03 Å². The van der Waals surface area contributed by atoms with Crippen LogP contribution in [0.25, 0.3) is 0 Å². The highest BCUT2D eigenvalue weighted by Crippen LogP contribution is 2.13. The molecule has 0 saturated carbocycles. The van der Waals surface area contributed by atoms with Gasteiger partial charge in [0.2, 0.25) is 0 Å². The number of hydrogen-bond donors (Lipinski definition) is 1. The quantitative estimate of drug-likeness (QED) is 0.637. The smallest absolute Gasteiger partial charge is 0.317 e. The van der Waals surface area contributed by atoms with Gasteiger partial charge in [0.1, 0.15) is 0 Å². The zero-order valence-electron chi connectivity index (χ0n) is 7.42. The fourth-order valence-corrected chi connectivity index (χ4v) is 1.42. The number of carbonyl (C=O) groups is 1. The molecule has 1 N–H and O–H groups in total. The summed E-state index contributed by atoms with van der Waals surface area (Å²) < 4.78 is 0. The maximum Gasteiger partial charge on any atom is 0.317 e. The maximum atomic E-state index is 11.0. The van der Waals surface area contributed by atoms with Crippen molar-refractivity contribution in [2.75, 3.05) is 13.6 Å². The molecule has 1 aliphatic rings. The summed E-state index contributed by atoms with van der Waals surface area (Å²) in [6.45, 7) is 5.17. The van der Waals surface area contributed by atoms with Gasteiger partial charge in [0, 0.05) is 13.6 Å². The Bertz CT molecular complexity index is 156. The Morgan fingerprint density at radius 2 is 2.36 bits per heavy atom. The molecule has 3 heteroatoms. The topological polar surface area (TPSA) is 32.3 Å². The molecule has 64 valence electrons. The van der Waals surface area contributed by atoms with Crippen LogP contribution in [0.1, 0.15) is 20.3 Å². The molecule has 0 aromatic rings. The summed E-state index contributed by atoms with van der Waals surface area (Å²) in [4.78, 5) is 12.8. The van der Waals surface area contributed by atoms with Crippen LogP contribution in [0.5, 0.6) is 0 Å². The van der Waals surface area contributed by atoms with Gasteiger partial charge in [-0.25, -0.2) is 4.79 Å². The van der Waals surface area contributed by atoms with E-state index >= 15 is 0 Å². The predicted molar refractivity (Wildman–Crippen MR) is 44.4 cm³/mol. The Morgan fingerprint density at radius 3 is 2.73 bits per heavy atom. The number of urea groups is 1. The fourth-order valence-electron chi connectivity index (χ4n) is 1.42. The van der Waals surface area contributed by atoms with Gasteiger partial charge in [-0.3, -0.25) is 0 Å². The molecule has 1 atom stereocenters. The van der Waals surface area contributed by atoms with Crippen molar-refractivity contribution < 1.29 is 4.79 Å². The molecule has 0 radical (unpaired) electrons. The van der Waals surface area contributed by atoms with E-state index in [1.165, 1.54) is 0 Å². The molecule has 1 saturated heterocycles. The minimum Gasteiger partial charge on any atom is -0.336 e. The van der Waals surface area contributed by atoms with Crippen LogP contribution in [0.4, 0.5) is 4.79 Å². The fraction of sp³-hybridized carbons (Fsp3) is 0.875. The highest BCUT2D eigenvalue weighted by molar-refractivity contribution is 5.76. The predicted octanol–water partition coefficient (Wildman–Crippen LogP) is 1.06. The van der Waals surface area contributed by atoms with Crippen molar-refractivity contribution >= 4 is 6.03 Å². The number of nitrogens with one attached hydrogen (secondary N) is 1. The van der Waals surface area contributed by atoms with E-state index in [1.807, 2.05) is 7.05 Å². The third-order valence-electron chi connectivity index (χ3n) is 2.10. The van der Waals surface area contributed by atoms with Crippen LogP contribution in [-0.2, 0) is 0 Å². The second-order valence-electron chi connectivity index (χ2n) is 3.58. The Kier molecular flexibility index (Phi) is 2.37. The summed E-state index contributed by atoms with van der Waals surface area (Å²) in [6.07, 6.45) is 1.09. The summed E-state index contributed by atoms with van der Waals surface area (Å²) in [7, 11) is 1.86. The zero-order valence-corrected chi connectivity index (χ0v) is 7.42.